The summed E-state index contributed by atoms with van der Waals surface area (Å²) < 4.78 is 27.9. The van der Waals surface area contributed by atoms with Gasteiger partial charge in [-0.25, -0.2) is 8.78 Å². The number of aromatic nitrogens is 2. The molecular formula is C19H17F2N3OS2. The van der Waals surface area contributed by atoms with Gasteiger partial charge in [-0.3, -0.25) is 10.1 Å². The number of hydrogen-bond acceptors (Lipinski definition) is 5. The molecule has 1 N–H and O–H groups in total. The third kappa shape index (κ3) is 4.90. The van der Waals surface area contributed by atoms with E-state index in [2.05, 4.69) is 15.5 Å². The Morgan fingerprint density at radius 2 is 1.81 bits per heavy atom. The van der Waals surface area contributed by atoms with Gasteiger partial charge in [-0.15, -0.1) is 10.2 Å². The fourth-order valence-corrected chi connectivity index (χ4v) is 4.34. The van der Waals surface area contributed by atoms with Crippen LogP contribution in [0.2, 0.25) is 0 Å². The summed E-state index contributed by atoms with van der Waals surface area (Å²) in [5, 5.41) is 11.1. The SMILES string of the molecule is CCC(C(=O)Nc1nnc(SCc2c(F)cccc2F)s1)c1ccccc1. The first-order valence-electron chi connectivity index (χ1n) is 8.33. The number of hydrogen-bond donors (Lipinski definition) is 1. The maximum absolute atomic E-state index is 13.7. The van der Waals surface area contributed by atoms with Gasteiger partial charge in [-0.2, -0.15) is 0 Å². The third-order valence-electron chi connectivity index (χ3n) is 3.96. The summed E-state index contributed by atoms with van der Waals surface area (Å²) in [5.74, 6) is -1.51. The minimum absolute atomic E-state index is 0.00147. The largest absolute Gasteiger partial charge is 0.300 e. The number of carbonyl (C=O) groups excluding carboxylic acids is 1. The van der Waals surface area contributed by atoms with E-state index >= 15 is 0 Å². The molecule has 27 heavy (non-hydrogen) atoms. The molecule has 3 aromatic rings. The number of anilines is 1. The fraction of sp³-hybridized carbons (Fsp3) is 0.211. The number of nitrogens with one attached hydrogen (secondary N) is 1. The number of halogens is 2. The molecule has 2 aromatic carbocycles. The highest BCUT2D eigenvalue weighted by Crippen LogP contribution is 2.30. The molecule has 0 aliphatic rings. The normalized spacial score (nSPS) is 12.0. The van der Waals surface area contributed by atoms with Crippen LogP contribution >= 0.6 is 23.1 Å². The van der Waals surface area contributed by atoms with Gasteiger partial charge < -0.3 is 0 Å². The lowest BCUT2D eigenvalue weighted by atomic mass is 9.96. The summed E-state index contributed by atoms with van der Waals surface area (Å²) in [6, 6.07) is 13.3. The lowest BCUT2D eigenvalue weighted by Crippen LogP contribution is -2.20. The Balaban J connectivity index is 1.63. The van der Waals surface area contributed by atoms with Gasteiger partial charge in [-0.05, 0) is 24.1 Å². The number of rotatable bonds is 7. The van der Waals surface area contributed by atoms with Gasteiger partial charge >= 0.3 is 0 Å². The zero-order valence-corrected chi connectivity index (χ0v) is 16.1. The van der Waals surface area contributed by atoms with Crippen molar-refractivity contribution in [3.05, 3.63) is 71.3 Å². The fourth-order valence-electron chi connectivity index (χ4n) is 2.57. The Labute approximate surface area is 164 Å². The Hall–Kier alpha value is -2.32. The average molecular weight is 405 g/mol. The van der Waals surface area contributed by atoms with Crippen molar-refractivity contribution in [2.45, 2.75) is 29.4 Å². The number of amides is 1. The van der Waals surface area contributed by atoms with Crippen molar-refractivity contribution in [2.24, 2.45) is 0 Å². The van der Waals surface area contributed by atoms with Crippen LogP contribution in [0.4, 0.5) is 13.9 Å². The van der Waals surface area contributed by atoms with E-state index in [1.165, 1.54) is 41.3 Å². The molecule has 1 heterocycles. The van der Waals surface area contributed by atoms with E-state index in [1.807, 2.05) is 37.3 Å². The maximum atomic E-state index is 13.7. The minimum Gasteiger partial charge on any atom is -0.300 e. The zero-order chi connectivity index (χ0) is 19.2. The monoisotopic (exact) mass is 405 g/mol. The molecule has 1 atom stereocenters. The molecule has 0 fully saturated rings. The molecule has 4 nitrogen and oxygen atoms in total. The van der Waals surface area contributed by atoms with Crippen molar-refractivity contribution in [3.8, 4) is 0 Å². The lowest BCUT2D eigenvalue weighted by molar-refractivity contribution is -0.117. The van der Waals surface area contributed by atoms with E-state index in [4.69, 9.17) is 0 Å². The molecule has 0 aliphatic heterocycles. The summed E-state index contributed by atoms with van der Waals surface area (Å²) in [7, 11) is 0. The van der Waals surface area contributed by atoms with Gasteiger partial charge in [0.05, 0.1) is 5.92 Å². The smallest absolute Gasteiger partial charge is 0.233 e. The van der Waals surface area contributed by atoms with Gasteiger partial charge in [0.15, 0.2) is 4.34 Å². The minimum atomic E-state index is -0.589. The second-order valence-electron chi connectivity index (χ2n) is 5.72. The quantitative estimate of drug-likeness (QED) is 0.431. The lowest BCUT2D eigenvalue weighted by Gasteiger charge is -2.13. The molecule has 0 bridgehead atoms. The molecule has 1 amide bonds. The van der Waals surface area contributed by atoms with Gasteiger partial charge in [-0.1, -0.05) is 66.4 Å². The van der Waals surface area contributed by atoms with E-state index < -0.39 is 11.6 Å². The maximum Gasteiger partial charge on any atom is 0.233 e. The van der Waals surface area contributed by atoms with Crippen molar-refractivity contribution in [3.63, 3.8) is 0 Å². The number of nitrogens with zero attached hydrogens (tertiary/aromatic N) is 2. The van der Waals surface area contributed by atoms with Crippen molar-refractivity contribution in [1.82, 2.24) is 10.2 Å². The number of benzene rings is 2. The average Bonchev–Trinajstić information content (AvgIpc) is 3.10. The predicted octanol–water partition coefficient (Wildman–Crippen LogP) is 5.24. The second-order valence-corrected chi connectivity index (χ2v) is 7.92. The Morgan fingerprint density at radius 1 is 1.11 bits per heavy atom. The molecule has 1 aromatic heterocycles. The Morgan fingerprint density at radius 3 is 2.48 bits per heavy atom. The molecule has 1 unspecified atom stereocenters. The first kappa shape index (κ1) is 19.4. The van der Waals surface area contributed by atoms with Crippen LogP contribution in [0.25, 0.3) is 0 Å². The molecule has 3 rings (SSSR count). The Kier molecular flexibility index (Phi) is 6.52. The van der Waals surface area contributed by atoms with Crippen molar-refractivity contribution in [2.75, 3.05) is 5.32 Å². The van der Waals surface area contributed by atoms with E-state index in [9.17, 15) is 13.6 Å². The topological polar surface area (TPSA) is 54.9 Å². The van der Waals surface area contributed by atoms with Crippen LogP contribution in [-0.4, -0.2) is 16.1 Å². The number of thioether (sulfide) groups is 1. The molecule has 140 valence electrons. The third-order valence-corrected chi connectivity index (χ3v) is 5.96. The van der Waals surface area contributed by atoms with Crippen LogP contribution < -0.4 is 5.32 Å². The van der Waals surface area contributed by atoms with Crippen molar-refractivity contribution < 1.29 is 13.6 Å². The molecule has 0 aliphatic carbocycles. The summed E-state index contributed by atoms with van der Waals surface area (Å²) >= 11 is 2.35. The molecule has 0 saturated heterocycles. The van der Waals surface area contributed by atoms with Crippen LogP contribution in [0.3, 0.4) is 0 Å². The summed E-state index contributed by atoms with van der Waals surface area (Å²) in [5.41, 5.74) is 0.935. The van der Waals surface area contributed by atoms with Gasteiger partial charge in [0.1, 0.15) is 11.6 Å². The van der Waals surface area contributed by atoms with E-state index in [-0.39, 0.29) is 23.1 Å². The molecular weight excluding hydrogens is 388 g/mol. The highest BCUT2D eigenvalue weighted by atomic mass is 32.2. The van der Waals surface area contributed by atoms with Gasteiger partial charge in [0.25, 0.3) is 0 Å². The highest BCUT2D eigenvalue weighted by Gasteiger charge is 2.20. The van der Waals surface area contributed by atoms with Crippen molar-refractivity contribution >= 4 is 34.1 Å². The van der Waals surface area contributed by atoms with Crippen LogP contribution in [0, 0.1) is 11.6 Å². The van der Waals surface area contributed by atoms with E-state index in [1.54, 1.807) is 0 Å². The summed E-state index contributed by atoms with van der Waals surface area (Å²) in [6.45, 7) is 1.95. The molecule has 0 saturated carbocycles. The van der Waals surface area contributed by atoms with Gasteiger partial charge in [0.2, 0.25) is 11.0 Å². The van der Waals surface area contributed by atoms with E-state index in [0.29, 0.717) is 15.9 Å². The van der Waals surface area contributed by atoms with E-state index in [0.717, 1.165) is 5.56 Å². The highest BCUT2D eigenvalue weighted by molar-refractivity contribution is 8.00. The van der Waals surface area contributed by atoms with Gasteiger partial charge in [0, 0.05) is 11.3 Å². The Bertz CT molecular complexity index is 898. The molecule has 0 radical (unpaired) electrons. The van der Waals surface area contributed by atoms with Crippen LogP contribution in [-0.2, 0) is 10.5 Å². The standard InChI is InChI=1S/C19H17F2N3OS2/c1-2-13(12-7-4-3-5-8-12)17(25)22-18-23-24-19(27-18)26-11-14-15(20)9-6-10-16(14)21/h3-10,13H,2,11H2,1H3,(H,22,23,25). The first-order valence-corrected chi connectivity index (χ1v) is 10.1. The van der Waals surface area contributed by atoms with Crippen LogP contribution in [0.1, 0.15) is 30.4 Å². The second kappa shape index (κ2) is 9.05. The first-order chi connectivity index (χ1) is 13.1. The van der Waals surface area contributed by atoms with Crippen molar-refractivity contribution in [1.29, 1.82) is 0 Å². The molecule has 0 spiro atoms. The summed E-state index contributed by atoms with van der Waals surface area (Å²) in [6.07, 6.45) is 0.656. The zero-order valence-electron chi connectivity index (χ0n) is 14.5. The summed E-state index contributed by atoms with van der Waals surface area (Å²) in [4.78, 5) is 12.5. The molecule has 8 heteroatoms. The predicted molar refractivity (Wildman–Crippen MR) is 104 cm³/mol. The number of carbonyl (C=O) groups is 1. The van der Waals surface area contributed by atoms with Crippen LogP contribution in [0.15, 0.2) is 52.9 Å². The van der Waals surface area contributed by atoms with Crippen LogP contribution in [0.5, 0.6) is 0 Å².